The van der Waals surface area contributed by atoms with Gasteiger partial charge in [-0.25, -0.2) is 0 Å². The van der Waals surface area contributed by atoms with E-state index in [1.807, 2.05) is 24.3 Å². The number of nitrogens with zero attached hydrogens (tertiary/aromatic N) is 1. The number of thioether (sulfide) groups is 1. The minimum absolute atomic E-state index is 0.0354. The Kier molecular flexibility index (Phi) is 4.38. The largest absolute Gasteiger partial charge is 0.325 e. The highest BCUT2D eigenvalue weighted by atomic mass is 32.2. The lowest BCUT2D eigenvalue weighted by Gasteiger charge is -2.19. The Bertz CT molecular complexity index is 506. The van der Waals surface area contributed by atoms with Gasteiger partial charge in [0, 0.05) is 5.69 Å². The zero-order valence-corrected chi connectivity index (χ0v) is 12.9. The number of anilines is 1. The van der Waals surface area contributed by atoms with Crippen LogP contribution < -0.4 is 5.32 Å². The zero-order valence-electron chi connectivity index (χ0n) is 12.1. The average molecular weight is 292 g/mol. The van der Waals surface area contributed by atoms with Crippen molar-refractivity contribution < 1.29 is 9.59 Å². The van der Waals surface area contributed by atoms with Crippen LogP contribution in [0.15, 0.2) is 24.3 Å². The Labute approximate surface area is 123 Å². The molecule has 0 spiro atoms. The maximum absolute atomic E-state index is 11.9. The molecule has 2 rings (SSSR count). The number of hydrogen-bond acceptors (Lipinski definition) is 3. The molecule has 1 heterocycles. The molecule has 1 aliphatic rings. The number of benzene rings is 1. The fraction of sp³-hybridized carbons (Fsp3) is 0.467. The summed E-state index contributed by atoms with van der Waals surface area (Å²) in [5.74, 6) is 0.973. The lowest BCUT2D eigenvalue weighted by atomic mass is 9.87. The number of hydrogen-bond donors (Lipinski definition) is 1. The molecule has 5 heteroatoms. The Morgan fingerprint density at radius 1 is 1.30 bits per heavy atom. The molecule has 1 aromatic rings. The summed E-state index contributed by atoms with van der Waals surface area (Å²) in [6.07, 6.45) is 0. The molecule has 1 fully saturated rings. The van der Waals surface area contributed by atoms with Crippen molar-refractivity contribution in [1.29, 1.82) is 0 Å². The third-order valence-electron chi connectivity index (χ3n) is 3.19. The number of carbonyl (C=O) groups is 2. The van der Waals surface area contributed by atoms with Gasteiger partial charge in [0.1, 0.15) is 6.54 Å². The second kappa shape index (κ2) is 5.87. The van der Waals surface area contributed by atoms with Crippen LogP contribution in [0.4, 0.5) is 5.69 Å². The van der Waals surface area contributed by atoms with Crippen molar-refractivity contribution in [2.24, 2.45) is 0 Å². The molecule has 20 heavy (non-hydrogen) atoms. The van der Waals surface area contributed by atoms with E-state index in [0.29, 0.717) is 11.6 Å². The highest BCUT2D eigenvalue weighted by molar-refractivity contribution is 8.00. The first-order valence-electron chi connectivity index (χ1n) is 6.62. The quantitative estimate of drug-likeness (QED) is 0.931. The van der Waals surface area contributed by atoms with Gasteiger partial charge in [0.05, 0.1) is 11.6 Å². The Balaban J connectivity index is 1.93. The van der Waals surface area contributed by atoms with Crippen molar-refractivity contribution in [2.45, 2.75) is 26.2 Å². The van der Waals surface area contributed by atoms with Gasteiger partial charge in [-0.2, -0.15) is 0 Å². The summed E-state index contributed by atoms with van der Waals surface area (Å²) < 4.78 is 0. The molecule has 0 radical (unpaired) electrons. The van der Waals surface area contributed by atoms with Crippen molar-refractivity contribution in [1.82, 2.24) is 4.90 Å². The standard InChI is InChI=1S/C15H20N2O2S/c1-15(2,3)11-4-6-12(7-5-11)16-13(18)8-17-10-20-9-14(17)19/h4-7H,8-10H2,1-3H3,(H,16,18). The van der Waals surface area contributed by atoms with Gasteiger partial charge in [-0.1, -0.05) is 32.9 Å². The van der Waals surface area contributed by atoms with Crippen LogP contribution in [-0.2, 0) is 15.0 Å². The molecular weight excluding hydrogens is 272 g/mol. The van der Waals surface area contributed by atoms with Gasteiger partial charge in [0.15, 0.2) is 0 Å². The molecule has 1 N–H and O–H groups in total. The van der Waals surface area contributed by atoms with Crippen LogP contribution in [0.1, 0.15) is 26.3 Å². The molecule has 0 saturated carbocycles. The number of amides is 2. The van der Waals surface area contributed by atoms with Crippen LogP contribution in [0.5, 0.6) is 0 Å². The van der Waals surface area contributed by atoms with Gasteiger partial charge in [0.2, 0.25) is 11.8 Å². The smallest absolute Gasteiger partial charge is 0.244 e. The van der Waals surface area contributed by atoms with Crippen LogP contribution in [0.25, 0.3) is 0 Å². The first-order chi connectivity index (χ1) is 9.36. The Hall–Kier alpha value is -1.49. The fourth-order valence-electron chi connectivity index (χ4n) is 1.97. The maximum atomic E-state index is 11.9. The maximum Gasteiger partial charge on any atom is 0.244 e. The Morgan fingerprint density at radius 2 is 1.95 bits per heavy atom. The van der Waals surface area contributed by atoms with E-state index in [1.54, 1.807) is 4.90 Å². The molecule has 108 valence electrons. The topological polar surface area (TPSA) is 49.4 Å². The summed E-state index contributed by atoms with van der Waals surface area (Å²) >= 11 is 1.54. The highest BCUT2D eigenvalue weighted by Gasteiger charge is 2.22. The second-order valence-corrected chi connectivity index (χ2v) is 6.90. The van der Waals surface area contributed by atoms with Crippen LogP contribution in [0.3, 0.4) is 0 Å². The predicted molar refractivity (Wildman–Crippen MR) is 82.8 cm³/mol. The molecule has 0 aromatic heterocycles. The SMILES string of the molecule is CC(C)(C)c1ccc(NC(=O)CN2CSCC2=O)cc1. The van der Waals surface area contributed by atoms with E-state index in [0.717, 1.165) is 5.69 Å². The van der Waals surface area contributed by atoms with Crippen LogP contribution in [0.2, 0.25) is 0 Å². The van der Waals surface area contributed by atoms with E-state index in [9.17, 15) is 9.59 Å². The number of rotatable bonds is 3. The summed E-state index contributed by atoms with van der Waals surface area (Å²) in [4.78, 5) is 24.9. The molecule has 2 amide bonds. The second-order valence-electron chi connectivity index (χ2n) is 5.94. The first kappa shape index (κ1) is 14.9. The number of carbonyl (C=O) groups excluding carboxylic acids is 2. The van der Waals surface area contributed by atoms with Gasteiger partial charge >= 0.3 is 0 Å². The minimum atomic E-state index is -0.149. The predicted octanol–water partition coefficient (Wildman–Crippen LogP) is 2.46. The van der Waals surface area contributed by atoms with E-state index in [4.69, 9.17) is 0 Å². The average Bonchev–Trinajstić information content (AvgIpc) is 2.74. The van der Waals surface area contributed by atoms with Crippen molar-refractivity contribution in [2.75, 3.05) is 23.5 Å². The molecule has 4 nitrogen and oxygen atoms in total. The minimum Gasteiger partial charge on any atom is -0.325 e. The lowest BCUT2D eigenvalue weighted by molar-refractivity contribution is -0.130. The third kappa shape index (κ3) is 3.76. The van der Waals surface area contributed by atoms with E-state index in [2.05, 4.69) is 26.1 Å². The third-order valence-corrected chi connectivity index (χ3v) is 4.14. The molecular formula is C15H20N2O2S. The Morgan fingerprint density at radius 3 is 2.45 bits per heavy atom. The van der Waals surface area contributed by atoms with Crippen LogP contribution in [-0.4, -0.2) is 34.9 Å². The molecule has 0 unspecified atom stereocenters. The summed E-state index contributed by atoms with van der Waals surface area (Å²) in [5, 5.41) is 2.83. The molecule has 1 aliphatic heterocycles. The van der Waals surface area contributed by atoms with E-state index in [1.165, 1.54) is 17.3 Å². The van der Waals surface area contributed by atoms with Crippen LogP contribution in [0, 0.1) is 0 Å². The van der Waals surface area contributed by atoms with Crippen molar-refractivity contribution in [3.8, 4) is 0 Å². The van der Waals surface area contributed by atoms with Crippen molar-refractivity contribution in [3.05, 3.63) is 29.8 Å². The van der Waals surface area contributed by atoms with E-state index < -0.39 is 0 Å². The molecule has 0 bridgehead atoms. The first-order valence-corrected chi connectivity index (χ1v) is 7.77. The molecule has 1 saturated heterocycles. The lowest BCUT2D eigenvalue weighted by Crippen LogP contribution is -2.34. The normalized spacial score (nSPS) is 15.6. The van der Waals surface area contributed by atoms with Gasteiger partial charge < -0.3 is 10.2 Å². The summed E-state index contributed by atoms with van der Waals surface area (Å²) in [6, 6.07) is 7.84. The molecule has 0 atom stereocenters. The van der Waals surface area contributed by atoms with Crippen molar-refractivity contribution in [3.63, 3.8) is 0 Å². The number of nitrogens with one attached hydrogen (secondary N) is 1. The molecule has 0 aliphatic carbocycles. The highest BCUT2D eigenvalue weighted by Crippen LogP contribution is 2.23. The van der Waals surface area contributed by atoms with Gasteiger partial charge in [-0.05, 0) is 23.1 Å². The van der Waals surface area contributed by atoms with Crippen molar-refractivity contribution >= 4 is 29.3 Å². The van der Waals surface area contributed by atoms with E-state index in [-0.39, 0.29) is 23.8 Å². The van der Waals surface area contributed by atoms with Gasteiger partial charge in [0.25, 0.3) is 0 Å². The van der Waals surface area contributed by atoms with E-state index >= 15 is 0 Å². The zero-order chi connectivity index (χ0) is 14.8. The summed E-state index contributed by atoms with van der Waals surface area (Å²) in [6.45, 7) is 6.58. The molecule has 1 aromatic carbocycles. The van der Waals surface area contributed by atoms with Crippen LogP contribution >= 0.6 is 11.8 Å². The summed E-state index contributed by atoms with van der Waals surface area (Å²) in [5.41, 5.74) is 2.09. The summed E-state index contributed by atoms with van der Waals surface area (Å²) in [7, 11) is 0. The van der Waals surface area contributed by atoms with Gasteiger partial charge in [-0.3, -0.25) is 9.59 Å². The fourth-order valence-corrected chi connectivity index (χ4v) is 2.87. The van der Waals surface area contributed by atoms with Gasteiger partial charge in [-0.15, -0.1) is 11.8 Å². The monoisotopic (exact) mass is 292 g/mol.